The molecular weight excluding hydrogens is 415 g/mol. The van der Waals surface area contributed by atoms with Crippen LogP contribution in [0.15, 0.2) is 53.8 Å². The molecule has 0 bridgehead atoms. The van der Waals surface area contributed by atoms with E-state index in [2.05, 4.69) is 24.8 Å². The molecule has 1 aromatic carbocycles. The number of aryl methyl sites for hydroxylation is 1. The van der Waals surface area contributed by atoms with Crippen LogP contribution in [-0.2, 0) is 7.05 Å². The lowest BCUT2D eigenvalue weighted by Crippen LogP contribution is -2.37. The van der Waals surface area contributed by atoms with E-state index < -0.39 is 0 Å². The number of pyridine rings is 1. The normalized spacial score (nSPS) is 15.0. The van der Waals surface area contributed by atoms with Gasteiger partial charge in [-0.15, -0.1) is 0 Å². The van der Waals surface area contributed by atoms with Crippen molar-refractivity contribution in [3.05, 3.63) is 59.5 Å². The summed E-state index contributed by atoms with van der Waals surface area (Å²) in [5.41, 5.74) is 4.70. The third kappa shape index (κ3) is 3.21. The van der Waals surface area contributed by atoms with Crippen LogP contribution in [0.25, 0.3) is 33.6 Å². The number of nitrogens with one attached hydrogen (secondary N) is 1. The van der Waals surface area contributed by atoms with Crippen LogP contribution in [0.3, 0.4) is 0 Å². The van der Waals surface area contributed by atoms with Crippen LogP contribution in [0.5, 0.6) is 0 Å². The Balaban J connectivity index is 1.32. The van der Waals surface area contributed by atoms with Crippen molar-refractivity contribution >= 4 is 41.3 Å². The highest BCUT2D eigenvalue weighted by Gasteiger charge is 2.26. The van der Waals surface area contributed by atoms with Crippen LogP contribution in [0.4, 0.5) is 5.82 Å². The molecule has 10 heteroatoms. The Morgan fingerprint density at radius 1 is 1.12 bits per heavy atom. The van der Waals surface area contributed by atoms with E-state index in [4.69, 9.17) is 12.8 Å². The molecule has 0 spiro atoms. The number of anilines is 1. The zero-order valence-corrected chi connectivity index (χ0v) is 18.1. The number of para-hydroxylation sites is 2. The van der Waals surface area contributed by atoms with Crippen LogP contribution in [0.2, 0.25) is 0 Å². The molecule has 1 saturated heterocycles. The molecule has 1 aliphatic rings. The van der Waals surface area contributed by atoms with E-state index in [1.54, 1.807) is 18.7 Å². The van der Waals surface area contributed by atoms with Gasteiger partial charge in [0.1, 0.15) is 20.0 Å². The first-order valence-electron chi connectivity index (χ1n) is 10.9. The summed E-state index contributed by atoms with van der Waals surface area (Å²) in [6.07, 6.45) is 6.62. The Labute approximate surface area is 190 Å². The highest BCUT2D eigenvalue weighted by molar-refractivity contribution is 6.32. The minimum absolute atomic E-state index is 0.0517. The van der Waals surface area contributed by atoms with Gasteiger partial charge in [0.15, 0.2) is 17.0 Å². The molecule has 5 aromatic rings. The minimum Gasteiger partial charge on any atom is -0.355 e. The zero-order valence-electron chi connectivity index (χ0n) is 18.1. The van der Waals surface area contributed by atoms with E-state index in [1.165, 1.54) is 0 Å². The zero-order chi connectivity index (χ0) is 22.5. The van der Waals surface area contributed by atoms with E-state index in [0.29, 0.717) is 5.46 Å². The predicted octanol–water partition coefficient (Wildman–Crippen LogP) is 1.70. The van der Waals surface area contributed by atoms with Crippen molar-refractivity contribution in [2.24, 2.45) is 7.05 Å². The summed E-state index contributed by atoms with van der Waals surface area (Å²) in [6.45, 7) is 1.54. The molecule has 5 heterocycles. The minimum atomic E-state index is -0.0517. The molecule has 0 saturated carbocycles. The summed E-state index contributed by atoms with van der Waals surface area (Å²) in [7, 11) is 7.85. The van der Waals surface area contributed by atoms with Crippen molar-refractivity contribution in [2.45, 2.75) is 18.9 Å². The molecular formula is C23H21BN8O. The van der Waals surface area contributed by atoms with Gasteiger partial charge < -0.3 is 14.5 Å². The summed E-state index contributed by atoms with van der Waals surface area (Å²) in [6, 6.07) is 9.83. The number of aromatic nitrogens is 7. The van der Waals surface area contributed by atoms with Gasteiger partial charge in [0.05, 0.1) is 11.0 Å². The fraction of sp³-hybridized carbons (Fsp3) is 0.261. The summed E-state index contributed by atoms with van der Waals surface area (Å²) in [4.78, 5) is 35.9. The number of hydrogen-bond acceptors (Lipinski definition) is 6. The number of imidazole rings is 2. The molecule has 33 heavy (non-hydrogen) atoms. The molecule has 1 fully saturated rings. The van der Waals surface area contributed by atoms with Crippen LogP contribution < -0.4 is 16.1 Å². The Bertz CT molecular complexity index is 1540. The van der Waals surface area contributed by atoms with E-state index in [1.807, 2.05) is 46.5 Å². The van der Waals surface area contributed by atoms with E-state index in [9.17, 15) is 4.79 Å². The number of fused-ring (bicyclic) bond motifs is 2. The standard InChI is InChI=1S/C23H21BN8O/c1-30-20(14-10-15(24)12-25-11-14)29-19-21(30)26-13-27-22(19)31-8-6-16(7-9-31)32-18-5-3-2-4-17(18)28-23(32)33/h2-5,10-13,16H,6-9H2,1H3,(H,28,33). The molecule has 4 aromatic heterocycles. The Kier molecular flexibility index (Phi) is 4.53. The lowest BCUT2D eigenvalue weighted by atomic mass is 9.97. The number of hydrogen-bond donors (Lipinski definition) is 1. The first-order valence-corrected chi connectivity index (χ1v) is 10.9. The van der Waals surface area contributed by atoms with E-state index in [-0.39, 0.29) is 11.7 Å². The summed E-state index contributed by atoms with van der Waals surface area (Å²) in [5, 5.41) is 0. The van der Waals surface area contributed by atoms with Gasteiger partial charge in [0.2, 0.25) is 0 Å². The highest BCUT2D eigenvalue weighted by Crippen LogP contribution is 2.31. The maximum absolute atomic E-state index is 12.6. The van der Waals surface area contributed by atoms with Crippen LogP contribution in [-0.4, -0.2) is 55.0 Å². The molecule has 162 valence electrons. The van der Waals surface area contributed by atoms with Crippen LogP contribution in [0.1, 0.15) is 18.9 Å². The number of rotatable bonds is 3. The van der Waals surface area contributed by atoms with Crippen molar-refractivity contribution in [3.63, 3.8) is 0 Å². The van der Waals surface area contributed by atoms with Crippen molar-refractivity contribution in [2.75, 3.05) is 18.0 Å². The Morgan fingerprint density at radius 3 is 2.76 bits per heavy atom. The molecule has 0 amide bonds. The van der Waals surface area contributed by atoms with Gasteiger partial charge >= 0.3 is 5.69 Å². The monoisotopic (exact) mass is 436 g/mol. The number of benzene rings is 1. The largest absolute Gasteiger partial charge is 0.355 e. The van der Waals surface area contributed by atoms with Gasteiger partial charge in [0, 0.05) is 44.1 Å². The second kappa shape index (κ2) is 7.58. The molecule has 0 unspecified atom stereocenters. The Hall–Kier alpha value is -3.95. The van der Waals surface area contributed by atoms with Gasteiger partial charge in [-0.25, -0.2) is 19.7 Å². The summed E-state index contributed by atoms with van der Waals surface area (Å²) < 4.78 is 3.84. The highest BCUT2D eigenvalue weighted by atomic mass is 16.1. The maximum atomic E-state index is 12.6. The molecule has 6 rings (SSSR count). The van der Waals surface area contributed by atoms with Gasteiger partial charge in [-0.2, -0.15) is 0 Å². The predicted molar refractivity (Wildman–Crippen MR) is 128 cm³/mol. The third-order valence-electron chi connectivity index (χ3n) is 6.41. The molecule has 0 atom stereocenters. The van der Waals surface area contributed by atoms with Gasteiger partial charge in [-0.1, -0.05) is 23.7 Å². The quantitative estimate of drug-likeness (QED) is 0.433. The molecule has 9 nitrogen and oxygen atoms in total. The average molecular weight is 436 g/mol. The molecule has 0 aliphatic carbocycles. The van der Waals surface area contributed by atoms with E-state index >= 15 is 0 Å². The number of H-pyrrole nitrogens is 1. The van der Waals surface area contributed by atoms with Crippen molar-refractivity contribution < 1.29 is 0 Å². The maximum Gasteiger partial charge on any atom is 0.326 e. The smallest absolute Gasteiger partial charge is 0.326 e. The fourth-order valence-electron chi connectivity index (χ4n) is 4.83. The Morgan fingerprint density at radius 2 is 1.94 bits per heavy atom. The topological polar surface area (TPSA) is 97.5 Å². The summed E-state index contributed by atoms with van der Waals surface area (Å²) >= 11 is 0. The van der Waals surface area contributed by atoms with Crippen molar-refractivity contribution in [3.8, 4) is 11.4 Å². The van der Waals surface area contributed by atoms with Crippen molar-refractivity contribution in [1.29, 1.82) is 0 Å². The second-order valence-electron chi connectivity index (χ2n) is 8.41. The number of piperidine rings is 1. The van der Waals surface area contributed by atoms with Gasteiger partial charge in [0.25, 0.3) is 0 Å². The number of nitrogens with zero attached hydrogens (tertiary/aromatic N) is 7. The van der Waals surface area contributed by atoms with E-state index in [0.717, 1.165) is 65.3 Å². The van der Waals surface area contributed by atoms with Crippen molar-refractivity contribution in [1.82, 2.24) is 34.1 Å². The third-order valence-corrected chi connectivity index (χ3v) is 6.41. The fourth-order valence-corrected chi connectivity index (χ4v) is 4.83. The SMILES string of the molecule is [B]c1cncc(-c2nc3c(N4CCC(n5c(=O)[nH]c6ccccc65)CC4)ncnc3n2C)c1. The first kappa shape index (κ1) is 19.7. The number of aromatic amines is 1. The molecule has 1 aliphatic heterocycles. The van der Waals surface area contributed by atoms with Crippen LogP contribution >= 0.6 is 0 Å². The van der Waals surface area contributed by atoms with Gasteiger partial charge in [-0.3, -0.25) is 9.55 Å². The average Bonchev–Trinajstić information content (AvgIpc) is 3.35. The lowest BCUT2D eigenvalue weighted by molar-refractivity contribution is 0.395. The molecule has 1 N–H and O–H groups in total. The van der Waals surface area contributed by atoms with Crippen LogP contribution in [0, 0.1) is 0 Å². The first-order chi connectivity index (χ1) is 16.1. The second-order valence-corrected chi connectivity index (χ2v) is 8.41. The lowest BCUT2D eigenvalue weighted by Gasteiger charge is -2.33. The van der Waals surface area contributed by atoms with Gasteiger partial charge in [-0.05, 0) is 25.0 Å². The molecule has 2 radical (unpaired) electrons. The summed E-state index contributed by atoms with van der Waals surface area (Å²) in [5.74, 6) is 1.55.